The number of benzene rings is 2. The minimum absolute atomic E-state index is 0.144. The minimum atomic E-state index is -0.493. The van der Waals surface area contributed by atoms with E-state index in [4.69, 9.17) is 24.2 Å². The Morgan fingerprint density at radius 2 is 1.76 bits per heavy atom. The van der Waals surface area contributed by atoms with Crippen molar-refractivity contribution in [1.82, 2.24) is 30.1 Å². The Kier molecular flexibility index (Phi) is 7.97. The van der Waals surface area contributed by atoms with Gasteiger partial charge >= 0.3 is 0 Å². The van der Waals surface area contributed by atoms with Crippen LogP contribution in [0.2, 0.25) is 0 Å². The first kappa shape index (κ1) is 27.0. The second-order valence-corrected chi connectivity index (χ2v) is 9.57. The minimum Gasteiger partial charge on any atom is -0.393 e. The van der Waals surface area contributed by atoms with Crippen LogP contribution in [0, 0.1) is 0 Å². The maximum absolute atomic E-state index is 9.93. The van der Waals surface area contributed by atoms with Crippen LogP contribution in [0.3, 0.4) is 0 Å². The first-order valence-corrected chi connectivity index (χ1v) is 13.8. The summed E-state index contributed by atoms with van der Waals surface area (Å²) in [4.78, 5) is 17.7. The van der Waals surface area contributed by atoms with Gasteiger partial charge in [-0.1, -0.05) is 36.4 Å². The zero-order chi connectivity index (χ0) is 28.2. The van der Waals surface area contributed by atoms with Gasteiger partial charge in [-0.05, 0) is 31.4 Å². The van der Waals surface area contributed by atoms with Crippen LogP contribution in [0.4, 0.5) is 0 Å². The van der Waals surface area contributed by atoms with E-state index >= 15 is 0 Å². The molecule has 1 unspecified atom stereocenters. The lowest BCUT2D eigenvalue weighted by molar-refractivity contribution is 0.0173. The van der Waals surface area contributed by atoms with Gasteiger partial charge in [-0.2, -0.15) is 5.10 Å². The van der Waals surface area contributed by atoms with Crippen LogP contribution in [-0.2, 0) is 20.8 Å². The maximum atomic E-state index is 9.93. The van der Waals surface area contributed by atoms with Crippen molar-refractivity contribution >= 4 is 32.8 Å². The van der Waals surface area contributed by atoms with Crippen molar-refractivity contribution in [2.45, 2.75) is 26.6 Å². The molecule has 0 aliphatic rings. The number of ether oxygens (including phenoxy) is 3. The molecule has 0 aliphatic heterocycles. The normalized spacial score (nSPS) is 12.6. The molecule has 210 valence electrons. The van der Waals surface area contributed by atoms with Gasteiger partial charge < -0.3 is 24.3 Å². The molecule has 2 aromatic carbocycles. The molecular weight excluding hydrogens is 520 g/mol. The highest BCUT2D eigenvalue weighted by Gasteiger charge is 2.20. The highest BCUT2D eigenvalue weighted by molar-refractivity contribution is 6.00. The topological polar surface area (TPSA) is 131 Å². The van der Waals surface area contributed by atoms with Gasteiger partial charge in [-0.15, -0.1) is 0 Å². The highest BCUT2D eigenvalue weighted by Crippen LogP contribution is 2.35. The molecule has 0 fully saturated rings. The molecule has 41 heavy (non-hydrogen) atoms. The summed E-state index contributed by atoms with van der Waals surface area (Å²) in [6.07, 6.45) is 3.14. The molecule has 10 heteroatoms. The predicted molar refractivity (Wildman–Crippen MR) is 157 cm³/mol. The molecule has 3 N–H and O–H groups in total. The van der Waals surface area contributed by atoms with Gasteiger partial charge in [0.1, 0.15) is 11.8 Å². The quantitative estimate of drug-likeness (QED) is 0.173. The van der Waals surface area contributed by atoms with E-state index in [0.29, 0.717) is 55.9 Å². The number of aromatic amines is 2. The number of para-hydroxylation sites is 1. The monoisotopic (exact) mass is 552 g/mol. The van der Waals surface area contributed by atoms with Crippen molar-refractivity contribution < 1.29 is 19.3 Å². The van der Waals surface area contributed by atoms with E-state index in [1.54, 1.807) is 0 Å². The predicted octanol–water partition coefficient (Wildman–Crippen LogP) is 5.34. The molecule has 0 saturated carbocycles. The molecule has 0 amide bonds. The van der Waals surface area contributed by atoms with Gasteiger partial charge in [0.15, 0.2) is 11.5 Å². The van der Waals surface area contributed by atoms with E-state index in [2.05, 4.69) is 26.2 Å². The van der Waals surface area contributed by atoms with Gasteiger partial charge in [-0.25, -0.2) is 9.97 Å². The summed E-state index contributed by atoms with van der Waals surface area (Å²) in [5.41, 5.74) is 6.62. The fourth-order valence-electron chi connectivity index (χ4n) is 5.12. The second kappa shape index (κ2) is 12.1. The fraction of sp³-hybridized carbons (Fsp3) is 0.290. The van der Waals surface area contributed by atoms with Crippen LogP contribution < -0.4 is 0 Å². The van der Waals surface area contributed by atoms with Crippen LogP contribution in [0.5, 0.6) is 0 Å². The zero-order valence-corrected chi connectivity index (χ0v) is 23.1. The lowest BCUT2D eigenvalue weighted by Gasteiger charge is -2.17. The van der Waals surface area contributed by atoms with E-state index in [1.165, 1.54) is 0 Å². The number of nitrogens with zero attached hydrogens (tertiary/aromatic N) is 4. The molecule has 10 nitrogen and oxygen atoms in total. The zero-order valence-electron chi connectivity index (χ0n) is 23.1. The molecule has 0 spiro atoms. The molecule has 0 bridgehead atoms. The summed E-state index contributed by atoms with van der Waals surface area (Å²) in [6, 6.07) is 16.1. The van der Waals surface area contributed by atoms with E-state index in [0.717, 1.165) is 43.9 Å². The number of nitrogens with one attached hydrogen (secondary N) is 2. The third-order valence-corrected chi connectivity index (χ3v) is 7.05. The number of aromatic nitrogens is 6. The number of rotatable bonds is 12. The SMILES string of the molecule is CCOCCOCc1cccc2[nH]c(-c3n[nH]c4ncc(-c5cnc(C(CO)OCC)c6ccccc56)cc34)nc12. The van der Waals surface area contributed by atoms with E-state index < -0.39 is 6.10 Å². The molecule has 4 heterocycles. The van der Waals surface area contributed by atoms with Gasteiger partial charge in [0.2, 0.25) is 0 Å². The standard InChI is InChI=1S/C31H32N6O4/c1-3-39-12-13-40-18-19-8-7-11-25-27(19)35-31(34-25)29-23-14-20(15-33-30(23)37-36-29)24-16-32-28(26(17-38)41-4-2)22-10-6-5-9-21(22)24/h5-11,14-16,26,38H,3-4,12-13,17-18H2,1-2H3,(H,34,35)(H,33,36,37). The van der Waals surface area contributed by atoms with Crippen molar-refractivity contribution in [2.75, 3.05) is 33.0 Å². The molecule has 0 saturated heterocycles. The summed E-state index contributed by atoms with van der Waals surface area (Å²) in [5, 5.41) is 20.3. The first-order chi connectivity index (χ1) is 20.2. The molecule has 6 rings (SSSR count). The van der Waals surface area contributed by atoms with Gasteiger partial charge in [0.25, 0.3) is 0 Å². The van der Waals surface area contributed by atoms with Crippen LogP contribution in [0.1, 0.15) is 31.2 Å². The van der Waals surface area contributed by atoms with Crippen LogP contribution >= 0.6 is 0 Å². The van der Waals surface area contributed by atoms with Gasteiger partial charge in [0.05, 0.1) is 48.5 Å². The molecule has 0 radical (unpaired) electrons. The number of hydrogen-bond acceptors (Lipinski definition) is 8. The summed E-state index contributed by atoms with van der Waals surface area (Å²) in [7, 11) is 0. The van der Waals surface area contributed by atoms with Crippen LogP contribution in [0.25, 0.3) is 55.5 Å². The van der Waals surface area contributed by atoms with Crippen molar-refractivity contribution in [3.63, 3.8) is 0 Å². The number of pyridine rings is 2. The molecule has 1 atom stereocenters. The Bertz CT molecular complexity index is 1800. The van der Waals surface area contributed by atoms with E-state index in [1.807, 2.05) is 68.7 Å². The summed E-state index contributed by atoms with van der Waals surface area (Å²) in [5.74, 6) is 0.646. The lowest BCUT2D eigenvalue weighted by Crippen LogP contribution is -2.11. The van der Waals surface area contributed by atoms with Crippen molar-refractivity contribution in [1.29, 1.82) is 0 Å². The van der Waals surface area contributed by atoms with Crippen molar-refractivity contribution in [2.24, 2.45) is 0 Å². The number of hydrogen-bond donors (Lipinski definition) is 3. The van der Waals surface area contributed by atoms with Crippen molar-refractivity contribution in [3.05, 3.63) is 72.2 Å². The smallest absolute Gasteiger partial charge is 0.159 e. The largest absolute Gasteiger partial charge is 0.393 e. The number of aliphatic hydroxyl groups is 1. The molecular formula is C31H32N6O4. The van der Waals surface area contributed by atoms with Crippen LogP contribution in [0.15, 0.2) is 60.9 Å². The summed E-state index contributed by atoms with van der Waals surface area (Å²) >= 11 is 0. The molecule has 4 aromatic heterocycles. The molecule has 0 aliphatic carbocycles. The first-order valence-electron chi connectivity index (χ1n) is 13.8. The summed E-state index contributed by atoms with van der Waals surface area (Å²) in [6.45, 7) is 6.42. The van der Waals surface area contributed by atoms with E-state index in [9.17, 15) is 5.11 Å². The summed E-state index contributed by atoms with van der Waals surface area (Å²) < 4.78 is 16.9. The Hall–Kier alpha value is -4.22. The molecule has 6 aromatic rings. The second-order valence-electron chi connectivity index (χ2n) is 9.57. The number of H-pyrrole nitrogens is 2. The highest BCUT2D eigenvalue weighted by atomic mass is 16.5. The maximum Gasteiger partial charge on any atom is 0.159 e. The Morgan fingerprint density at radius 3 is 2.59 bits per heavy atom. The number of aliphatic hydroxyl groups excluding tert-OH is 1. The fourth-order valence-corrected chi connectivity index (χ4v) is 5.12. The number of fused-ring (bicyclic) bond motifs is 3. The lowest BCUT2D eigenvalue weighted by atomic mass is 9.98. The van der Waals surface area contributed by atoms with E-state index in [-0.39, 0.29) is 6.61 Å². The Balaban J connectivity index is 1.38. The average Bonchev–Trinajstić information content (AvgIpc) is 3.63. The van der Waals surface area contributed by atoms with Gasteiger partial charge in [-0.3, -0.25) is 10.1 Å². The van der Waals surface area contributed by atoms with Gasteiger partial charge in [0, 0.05) is 47.7 Å². The average molecular weight is 553 g/mol. The Morgan fingerprint density at radius 1 is 0.902 bits per heavy atom. The Labute approximate surface area is 236 Å². The third kappa shape index (κ3) is 5.30. The van der Waals surface area contributed by atoms with Crippen LogP contribution in [-0.4, -0.2) is 68.3 Å². The third-order valence-electron chi connectivity index (χ3n) is 7.05. The number of imidazole rings is 1. The van der Waals surface area contributed by atoms with Crippen molar-refractivity contribution in [3.8, 4) is 22.6 Å².